The summed E-state index contributed by atoms with van der Waals surface area (Å²) >= 11 is 0. The zero-order valence-electron chi connectivity index (χ0n) is 13.5. The number of ether oxygens (including phenoxy) is 1. The lowest BCUT2D eigenvalue weighted by molar-refractivity contribution is -0.161. The van der Waals surface area contributed by atoms with Crippen LogP contribution in [0.15, 0.2) is 24.3 Å². The van der Waals surface area contributed by atoms with Crippen LogP contribution in [0.5, 0.6) is 0 Å². The Bertz CT molecular complexity index is 572. The van der Waals surface area contributed by atoms with Gasteiger partial charge in [0.2, 0.25) is 0 Å². The first-order chi connectivity index (χ1) is 10.1. The van der Waals surface area contributed by atoms with Crippen LogP contribution in [0.25, 0.3) is 0 Å². The number of ketones is 2. The second-order valence-electron chi connectivity index (χ2n) is 6.23. The Morgan fingerprint density at radius 1 is 1.23 bits per heavy atom. The predicted octanol–water partition coefficient (Wildman–Crippen LogP) is 2.27. The summed E-state index contributed by atoms with van der Waals surface area (Å²) in [5, 5.41) is 0. The molecular formula is C17H23NO4. The van der Waals surface area contributed by atoms with Gasteiger partial charge in [0, 0.05) is 18.5 Å². The molecule has 5 nitrogen and oxygen atoms in total. The summed E-state index contributed by atoms with van der Waals surface area (Å²) in [6.45, 7) is 6.76. The Hall–Kier alpha value is -2.01. The fourth-order valence-corrected chi connectivity index (χ4v) is 1.94. The van der Waals surface area contributed by atoms with Gasteiger partial charge in [0.25, 0.3) is 0 Å². The van der Waals surface area contributed by atoms with E-state index in [1.807, 2.05) is 6.07 Å². The molecule has 22 heavy (non-hydrogen) atoms. The highest BCUT2D eigenvalue weighted by molar-refractivity contribution is 6.05. The quantitative estimate of drug-likeness (QED) is 0.495. The number of rotatable bonds is 6. The molecule has 0 bridgehead atoms. The van der Waals surface area contributed by atoms with Crippen LogP contribution >= 0.6 is 0 Å². The van der Waals surface area contributed by atoms with E-state index in [0.717, 1.165) is 5.56 Å². The molecule has 2 N–H and O–H groups in total. The maximum absolute atomic E-state index is 12.3. The molecule has 0 saturated carbocycles. The Balaban J connectivity index is 2.88. The van der Waals surface area contributed by atoms with Gasteiger partial charge in [-0.05, 0) is 39.3 Å². The minimum atomic E-state index is -1.08. The molecule has 0 spiro atoms. The summed E-state index contributed by atoms with van der Waals surface area (Å²) in [5.41, 5.74) is 6.11. The van der Waals surface area contributed by atoms with Gasteiger partial charge in [-0.15, -0.1) is 0 Å². The van der Waals surface area contributed by atoms with Crippen molar-refractivity contribution in [2.45, 2.75) is 46.3 Å². The molecule has 0 aliphatic rings. The summed E-state index contributed by atoms with van der Waals surface area (Å²) in [5.74, 6) is -2.39. The van der Waals surface area contributed by atoms with Gasteiger partial charge in [0.1, 0.15) is 17.3 Å². The van der Waals surface area contributed by atoms with Crippen molar-refractivity contribution in [2.75, 3.05) is 0 Å². The summed E-state index contributed by atoms with van der Waals surface area (Å²) in [6.07, 6.45) is -0.196. The average Bonchev–Trinajstić information content (AvgIpc) is 2.42. The van der Waals surface area contributed by atoms with Gasteiger partial charge in [-0.3, -0.25) is 14.4 Å². The van der Waals surface area contributed by atoms with E-state index in [0.29, 0.717) is 12.1 Å². The lowest BCUT2D eigenvalue weighted by Gasteiger charge is -2.22. The van der Waals surface area contributed by atoms with Crippen molar-refractivity contribution in [3.8, 4) is 0 Å². The molecule has 0 fully saturated rings. The fourth-order valence-electron chi connectivity index (χ4n) is 1.94. The monoisotopic (exact) mass is 305 g/mol. The van der Waals surface area contributed by atoms with Gasteiger partial charge >= 0.3 is 5.97 Å². The smallest absolute Gasteiger partial charge is 0.317 e. The van der Waals surface area contributed by atoms with Crippen LogP contribution in [0.1, 0.15) is 50.0 Å². The Kier molecular flexibility index (Phi) is 6.00. The van der Waals surface area contributed by atoms with E-state index in [1.165, 1.54) is 6.92 Å². The molecule has 1 aromatic carbocycles. The van der Waals surface area contributed by atoms with Crippen molar-refractivity contribution in [1.29, 1.82) is 0 Å². The molecule has 1 aromatic rings. The largest absolute Gasteiger partial charge is 0.459 e. The zero-order valence-corrected chi connectivity index (χ0v) is 13.5. The first-order valence-electron chi connectivity index (χ1n) is 7.19. The van der Waals surface area contributed by atoms with Crippen LogP contribution in [-0.4, -0.2) is 23.1 Å². The lowest BCUT2D eigenvalue weighted by atomic mass is 9.94. The number of carbonyl (C=O) groups excluding carboxylic acids is 3. The summed E-state index contributed by atoms with van der Waals surface area (Å²) in [7, 11) is 0. The van der Waals surface area contributed by atoms with Gasteiger partial charge in [0.05, 0.1) is 0 Å². The van der Waals surface area contributed by atoms with E-state index >= 15 is 0 Å². The maximum Gasteiger partial charge on any atom is 0.317 e. The molecule has 0 aromatic heterocycles. The molecular weight excluding hydrogens is 282 g/mol. The van der Waals surface area contributed by atoms with Crippen molar-refractivity contribution in [3.63, 3.8) is 0 Å². The van der Waals surface area contributed by atoms with E-state index in [1.54, 1.807) is 39.0 Å². The predicted molar refractivity (Wildman–Crippen MR) is 83.3 cm³/mol. The lowest BCUT2D eigenvalue weighted by Crippen LogP contribution is -2.33. The third-order valence-electron chi connectivity index (χ3n) is 3.06. The maximum atomic E-state index is 12.3. The van der Waals surface area contributed by atoms with Crippen molar-refractivity contribution >= 4 is 17.5 Å². The van der Waals surface area contributed by atoms with E-state index in [2.05, 4.69) is 0 Å². The van der Waals surface area contributed by atoms with Crippen molar-refractivity contribution in [2.24, 2.45) is 11.7 Å². The first kappa shape index (κ1) is 18.0. The number of esters is 1. The number of carbonyl (C=O) groups is 3. The number of hydrogen-bond acceptors (Lipinski definition) is 5. The second kappa shape index (κ2) is 7.31. The van der Waals surface area contributed by atoms with E-state index < -0.39 is 17.5 Å². The molecule has 1 unspecified atom stereocenters. The molecule has 1 atom stereocenters. The minimum Gasteiger partial charge on any atom is -0.459 e. The average molecular weight is 305 g/mol. The van der Waals surface area contributed by atoms with Gasteiger partial charge < -0.3 is 10.5 Å². The number of benzene rings is 1. The van der Waals surface area contributed by atoms with Crippen LogP contribution in [0, 0.1) is 5.92 Å². The van der Waals surface area contributed by atoms with Crippen molar-refractivity contribution in [3.05, 3.63) is 35.4 Å². The standard InChI is InChI=1S/C17H23NO4/c1-11(19)14(16(21)22-17(2,3)4)9-15(20)13-7-5-6-12(8-13)10-18/h5-8,14H,9-10,18H2,1-4H3. The Morgan fingerprint density at radius 3 is 2.36 bits per heavy atom. The van der Waals surface area contributed by atoms with Crippen molar-refractivity contribution in [1.82, 2.24) is 0 Å². The molecule has 120 valence electrons. The van der Waals surface area contributed by atoms with Crippen LogP contribution in [0.4, 0.5) is 0 Å². The topological polar surface area (TPSA) is 86.5 Å². The van der Waals surface area contributed by atoms with Crippen LogP contribution in [0.2, 0.25) is 0 Å². The summed E-state index contributed by atoms with van der Waals surface area (Å²) in [6, 6.07) is 6.86. The molecule has 1 rings (SSSR count). The highest BCUT2D eigenvalue weighted by Crippen LogP contribution is 2.18. The molecule has 0 radical (unpaired) electrons. The highest BCUT2D eigenvalue weighted by Gasteiger charge is 2.31. The van der Waals surface area contributed by atoms with E-state index in [-0.39, 0.29) is 18.0 Å². The van der Waals surface area contributed by atoms with Crippen LogP contribution in [0.3, 0.4) is 0 Å². The van der Waals surface area contributed by atoms with Gasteiger partial charge in [-0.25, -0.2) is 0 Å². The van der Waals surface area contributed by atoms with Gasteiger partial charge in [-0.2, -0.15) is 0 Å². The van der Waals surface area contributed by atoms with E-state index in [4.69, 9.17) is 10.5 Å². The Morgan fingerprint density at radius 2 is 1.86 bits per heavy atom. The molecule has 0 aliphatic carbocycles. The number of hydrogen-bond donors (Lipinski definition) is 1. The van der Waals surface area contributed by atoms with E-state index in [9.17, 15) is 14.4 Å². The third-order valence-corrected chi connectivity index (χ3v) is 3.06. The normalized spacial score (nSPS) is 12.6. The molecule has 0 aliphatic heterocycles. The minimum absolute atomic E-state index is 0.196. The molecule has 0 amide bonds. The zero-order chi connectivity index (χ0) is 16.9. The van der Waals surface area contributed by atoms with Gasteiger partial charge in [-0.1, -0.05) is 18.2 Å². The molecule has 0 saturated heterocycles. The number of nitrogens with two attached hydrogens (primary N) is 1. The molecule has 0 heterocycles. The Labute approximate surface area is 130 Å². The second-order valence-corrected chi connectivity index (χ2v) is 6.23. The summed E-state index contributed by atoms with van der Waals surface area (Å²) in [4.78, 5) is 36.1. The molecule has 5 heteroatoms. The SMILES string of the molecule is CC(=O)C(CC(=O)c1cccc(CN)c1)C(=O)OC(C)(C)C. The summed E-state index contributed by atoms with van der Waals surface area (Å²) < 4.78 is 5.21. The highest BCUT2D eigenvalue weighted by atomic mass is 16.6. The number of Topliss-reactive ketones (excluding diaryl/α,β-unsaturated/α-hetero) is 2. The van der Waals surface area contributed by atoms with Crippen LogP contribution < -0.4 is 5.73 Å². The van der Waals surface area contributed by atoms with Crippen LogP contribution in [-0.2, 0) is 20.9 Å². The van der Waals surface area contributed by atoms with Crippen molar-refractivity contribution < 1.29 is 19.1 Å². The fraction of sp³-hybridized carbons (Fsp3) is 0.471. The third kappa shape index (κ3) is 5.41. The first-order valence-corrected chi connectivity index (χ1v) is 7.19. The van der Waals surface area contributed by atoms with Gasteiger partial charge in [0.15, 0.2) is 5.78 Å².